The molecule has 2 N–H and O–H groups in total. The van der Waals surface area contributed by atoms with E-state index < -0.39 is 11.8 Å². The molecule has 0 saturated heterocycles. The lowest BCUT2D eigenvalue weighted by molar-refractivity contribution is 0.0848. The zero-order chi connectivity index (χ0) is 24.2. The Labute approximate surface area is 205 Å². The summed E-state index contributed by atoms with van der Waals surface area (Å²) in [7, 11) is 0. The molecule has 0 aliphatic carbocycles. The van der Waals surface area contributed by atoms with E-state index in [1.165, 1.54) is 11.3 Å². The zero-order valence-corrected chi connectivity index (χ0v) is 19.5. The van der Waals surface area contributed by atoms with E-state index in [2.05, 4.69) is 25.9 Å². The van der Waals surface area contributed by atoms with Crippen molar-refractivity contribution in [2.75, 3.05) is 0 Å². The molecule has 5 aromatic rings. The first kappa shape index (κ1) is 22.2. The molecule has 0 fully saturated rings. The molecule has 0 atom stereocenters. The van der Waals surface area contributed by atoms with E-state index in [0.29, 0.717) is 32.5 Å². The van der Waals surface area contributed by atoms with Gasteiger partial charge in [-0.1, -0.05) is 54.6 Å². The van der Waals surface area contributed by atoms with E-state index in [-0.39, 0.29) is 0 Å². The third kappa shape index (κ3) is 4.71. The smallest absolute Gasteiger partial charge is 0.267 e. The van der Waals surface area contributed by atoms with Crippen LogP contribution in [-0.2, 0) is 0 Å². The number of amides is 2. The molecular weight excluding hydrogens is 460 g/mol. The fourth-order valence-corrected chi connectivity index (χ4v) is 4.44. The summed E-state index contributed by atoms with van der Waals surface area (Å²) in [5.74, 6) is -0.932. The molecular formula is C26H20N6O2S. The van der Waals surface area contributed by atoms with Crippen LogP contribution in [0.4, 0.5) is 0 Å². The first-order valence-corrected chi connectivity index (χ1v) is 11.6. The number of aryl methyl sites for hydroxylation is 1. The van der Waals surface area contributed by atoms with Crippen molar-refractivity contribution >= 4 is 23.2 Å². The van der Waals surface area contributed by atoms with Gasteiger partial charge in [0.05, 0.1) is 22.6 Å². The van der Waals surface area contributed by atoms with Gasteiger partial charge >= 0.3 is 0 Å². The average molecular weight is 481 g/mol. The Morgan fingerprint density at radius 1 is 0.857 bits per heavy atom. The maximum atomic E-state index is 13.1. The van der Waals surface area contributed by atoms with E-state index in [1.54, 1.807) is 24.0 Å². The summed E-state index contributed by atoms with van der Waals surface area (Å²) in [6, 6.07) is 24.4. The third-order valence-electron chi connectivity index (χ3n) is 5.20. The highest BCUT2D eigenvalue weighted by molar-refractivity contribution is 7.17. The largest absolute Gasteiger partial charge is 0.281 e. The van der Waals surface area contributed by atoms with Gasteiger partial charge in [0.15, 0.2) is 0 Å². The minimum Gasteiger partial charge on any atom is -0.267 e. The molecule has 3 heterocycles. The lowest BCUT2D eigenvalue weighted by Crippen LogP contribution is -2.41. The minimum absolute atomic E-state index is 0.329. The molecule has 8 nitrogen and oxygen atoms in total. The molecule has 35 heavy (non-hydrogen) atoms. The molecule has 0 unspecified atom stereocenters. The van der Waals surface area contributed by atoms with Gasteiger partial charge in [-0.3, -0.25) is 25.4 Å². The van der Waals surface area contributed by atoms with Crippen molar-refractivity contribution in [3.63, 3.8) is 0 Å². The van der Waals surface area contributed by atoms with Crippen LogP contribution in [0.1, 0.15) is 25.7 Å². The summed E-state index contributed by atoms with van der Waals surface area (Å²) in [4.78, 5) is 35.1. The van der Waals surface area contributed by atoms with Crippen molar-refractivity contribution < 1.29 is 9.59 Å². The van der Waals surface area contributed by atoms with Gasteiger partial charge in [-0.2, -0.15) is 5.10 Å². The number of hydrogen-bond acceptors (Lipinski definition) is 6. The molecule has 0 bridgehead atoms. The van der Waals surface area contributed by atoms with Crippen LogP contribution in [0.3, 0.4) is 0 Å². The Hall–Kier alpha value is -4.63. The normalized spacial score (nSPS) is 10.7. The van der Waals surface area contributed by atoms with Crippen molar-refractivity contribution in [2.45, 2.75) is 6.92 Å². The Balaban J connectivity index is 1.38. The third-order valence-corrected chi connectivity index (χ3v) is 6.38. The van der Waals surface area contributed by atoms with E-state index in [4.69, 9.17) is 0 Å². The number of aromatic nitrogens is 4. The van der Waals surface area contributed by atoms with Gasteiger partial charge in [-0.05, 0) is 31.2 Å². The van der Waals surface area contributed by atoms with E-state index in [9.17, 15) is 9.59 Å². The molecule has 0 aliphatic rings. The number of nitrogens with one attached hydrogen (secondary N) is 2. The number of benzene rings is 2. The second-order valence-corrected chi connectivity index (χ2v) is 8.59. The van der Waals surface area contributed by atoms with Gasteiger partial charge < -0.3 is 0 Å². The van der Waals surface area contributed by atoms with Gasteiger partial charge in [0.25, 0.3) is 11.8 Å². The number of nitrogens with zero attached hydrogens (tertiary/aromatic N) is 4. The molecule has 2 amide bonds. The number of pyridine rings is 1. The fourth-order valence-electron chi connectivity index (χ4n) is 3.51. The predicted octanol–water partition coefficient (Wildman–Crippen LogP) is 4.44. The summed E-state index contributed by atoms with van der Waals surface area (Å²) >= 11 is 1.22. The van der Waals surface area contributed by atoms with Crippen molar-refractivity contribution in [2.24, 2.45) is 0 Å². The Bertz CT molecular complexity index is 1480. The SMILES string of the molecule is Cc1nc(-c2ccccn2)sc1C(=O)NNC(=O)c1cn(-c2ccccc2)nc1-c1ccccc1. The highest BCUT2D eigenvalue weighted by Gasteiger charge is 2.21. The maximum Gasteiger partial charge on any atom is 0.281 e. The molecule has 9 heteroatoms. The molecule has 172 valence electrons. The van der Waals surface area contributed by atoms with Crippen LogP contribution in [0.2, 0.25) is 0 Å². The Morgan fingerprint density at radius 3 is 2.26 bits per heavy atom. The summed E-state index contributed by atoms with van der Waals surface area (Å²) in [6.07, 6.45) is 3.32. The van der Waals surface area contributed by atoms with Gasteiger partial charge in [-0.25, -0.2) is 9.67 Å². The molecule has 3 aromatic heterocycles. The summed E-state index contributed by atoms with van der Waals surface area (Å²) in [5.41, 5.74) is 8.71. The van der Waals surface area contributed by atoms with Crippen molar-refractivity contribution in [3.8, 4) is 27.6 Å². The first-order chi connectivity index (χ1) is 17.1. The Kier molecular flexibility index (Phi) is 6.15. The summed E-state index contributed by atoms with van der Waals surface area (Å²) < 4.78 is 1.64. The molecule has 5 rings (SSSR count). The zero-order valence-electron chi connectivity index (χ0n) is 18.7. The fraction of sp³-hybridized carbons (Fsp3) is 0.0385. The maximum absolute atomic E-state index is 13.1. The number of carbonyl (C=O) groups excluding carboxylic acids is 2. The minimum atomic E-state index is -0.480. The van der Waals surface area contributed by atoms with E-state index in [1.807, 2.05) is 78.9 Å². The average Bonchev–Trinajstić information content (AvgIpc) is 3.53. The first-order valence-electron chi connectivity index (χ1n) is 10.8. The quantitative estimate of drug-likeness (QED) is 0.362. The summed E-state index contributed by atoms with van der Waals surface area (Å²) in [5, 5.41) is 5.27. The highest BCUT2D eigenvalue weighted by atomic mass is 32.1. The second kappa shape index (κ2) is 9.70. The predicted molar refractivity (Wildman–Crippen MR) is 134 cm³/mol. The molecule has 2 aromatic carbocycles. The molecule has 0 radical (unpaired) electrons. The Morgan fingerprint density at radius 2 is 1.54 bits per heavy atom. The second-order valence-electron chi connectivity index (χ2n) is 7.59. The topological polar surface area (TPSA) is 102 Å². The van der Waals surface area contributed by atoms with Gasteiger partial charge in [-0.15, -0.1) is 11.3 Å². The van der Waals surface area contributed by atoms with Gasteiger partial charge in [0.2, 0.25) is 0 Å². The number of para-hydroxylation sites is 1. The van der Waals surface area contributed by atoms with Crippen LogP contribution >= 0.6 is 11.3 Å². The number of hydrazine groups is 1. The standard InChI is InChI=1S/C26H20N6O2S/c1-17-23(35-26(28-17)21-14-8-9-15-27-21)25(34)30-29-24(33)20-16-32(19-12-6-3-7-13-19)31-22(20)18-10-4-2-5-11-18/h2-16H,1H3,(H,29,33)(H,30,34). The van der Waals surface area contributed by atoms with Crippen LogP contribution in [0.15, 0.2) is 91.3 Å². The molecule has 0 saturated carbocycles. The molecule has 0 aliphatic heterocycles. The van der Waals surface area contributed by atoms with Crippen molar-refractivity contribution in [1.29, 1.82) is 0 Å². The van der Waals surface area contributed by atoms with Crippen LogP contribution in [-0.4, -0.2) is 31.6 Å². The highest BCUT2D eigenvalue weighted by Crippen LogP contribution is 2.26. The molecule has 0 spiro atoms. The lowest BCUT2D eigenvalue weighted by atomic mass is 10.1. The number of thiazole rings is 1. The van der Waals surface area contributed by atoms with Crippen LogP contribution < -0.4 is 10.9 Å². The number of rotatable bonds is 5. The van der Waals surface area contributed by atoms with Crippen LogP contribution in [0.25, 0.3) is 27.6 Å². The number of carbonyl (C=O) groups is 2. The van der Waals surface area contributed by atoms with Gasteiger partial charge in [0, 0.05) is 18.0 Å². The number of hydrogen-bond donors (Lipinski definition) is 2. The van der Waals surface area contributed by atoms with E-state index >= 15 is 0 Å². The van der Waals surface area contributed by atoms with Crippen LogP contribution in [0.5, 0.6) is 0 Å². The van der Waals surface area contributed by atoms with E-state index in [0.717, 1.165) is 11.3 Å². The lowest BCUT2D eigenvalue weighted by Gasteiger charge is -2.06. The summed E-state index contributed by atoms with van der Waals surface area (Å²) in [6.45, 7) is 1.75. The van der Waals surface area contributed by atoms with Crippen LogP contribution in [0, 0.1) is 6.92 Å². The van der Waals surface area contributed by atoms with Crippen molar-refractivity contribution in [3.05, 3.63) is 107 Å². The van der Waals surface area contributed by atoms with Crippen molar-refractivity contribution in [1.82, 2.24) is 30.6 Å². The monoisotopic (exact) mass is 480 g/mol. The van der Waals surface area contributed by atoms with Gasteiger partial charge in [0.1, 0.15) is 15.6 Å².